The van der Waals surface area contributed by atoms with Gasteiger partial charge in [0.05, 0.1) is 5.25 Å². The van der Waals surface area contributed by atoms with E-state index in [1.165, 1.54) is 0 Å². The van der Waals surface area contributed by atoms with Crippen LogP contribution in [0.15, 0.2) is 24.3 Å². The largest absolute Gasteiger partial charge is 0.330 e. The Labute approximate surface area is 119 Å². The third kappa shape index (κ3) is 2.29. The van der Waals surface area contributed by atoms with E-state index in [1.54, 1.807) is 19.1 Å². The highest BCUT2D eigenvalue weighted by atomic mass is 35.5. The molecule has 0 radical (unpaired) electrons. The van der Waals surface area contributed by atoms with Crippen LogP contribution in [0, 0.1) is 5.41 Å². The molecule has 1 fully saturated rings. The molecule has 19 heavy (non-hydrogen) atoms. The van der Waals surface area contributed by atoms with Gasteiger partial charge in [-0.05, 0) is 17.7 Å². The van der Waals surface area contributed by atoms with Gasteiger partial charge in [-0.25, -0.2) is 8.42 Å². The Hall–Kier alpha value is -0.620. The van der Waals surface area contributed by atoms with E-state index in [0.717, 1.165) is 5.56 Å². The summed E-state index contributed by atoms with van der Waals surface area (Å²) in [7, 11) is -3.17. The minimum atomic E-state index is -3.17. The zero-order chi connectivity index (χ0) is 14.3. The van der Waals surface area contributed by atoms with Crippen molar-refractivity contribution in [1.82, 2.24) is 0 Å². The number of rotatable bonds is 5. The number of hydrogen-bond donors (Lipinski definition) is 2. The van der Waals surface area contributed by atoms with Crippen molar-refractivity contribution < 1.29 is 8.42 Å². The van der Waals surface area contributed by atoms with Crippen molar-refractivity contribution in [1.29, 1.82) is 0 Å². The van der Waals surface area contributed by atoms with E-state index in [9.17, 15) is 8.42 Å². The number of hydrogen-bond acceptors (Lipinski definition) is 4. The van der Waals surface area contributed by atoms with Crippen LogP contribution in [0.5, 0.6) is 0 Å². The molecule has 0 heterocycles. The third-order valence-corrected chi connectivity index (χ3v) is 6.69. The Balaban J connectivity index is 2.45. The summed E-state index contributed by atoms with van der Waals surface area (Å²) in [4.78, 5) is 0. The summed E-state index contributed by atoms with van der Waals surface area (Å²) in [6.07, 6.45) is 0. The van der Waals surface area contributed by atoms with Crippen molar-refractivity contribution in [2.45, 2.75) is 18.1 Å². The molecule has 0 aliphatic heterocycles. The van der Waals surface area contributed by atoms with Crippen LogP contribution in [0.3, 0.4) is 0 Å². The molecule has 4 N–H and O–H groups in total. The number of halogens is 1. The van der Waals surface area contributed by atoms with Crippen molar-refractivity contribution in [3.05, 3.63) is 34.9 Å². The maximum Gasteiger partial charge on any atom is 0.154 e. The van der Waals surface area contributed by atoms with Crippen LogP contribution >= 0.6 is 11.6 Å². The normalized spacial score (nSPS) is 25.3. The Morgan fingerprint density at radius 3 is 2.42 bits per heavy atom. The van der Waals surface area contributed by atoms with Gasteiger partial charge in [0.25, 0.3) is 0 Å². The van der Waals surface area contributed by atoms with E-state index < -0.39 is 20.5 Å². The summed E-state index contributed by atoms with van der Waals surface area (Å²) < 4.78 is 24.4. The molecule has 1 aliphatic rings. The number of benzene rings is 1. The molecule has 0 spiro atoms. The van der Waals surface area contributed by atoms with Gasteiger partial charge in [0.2, 0.25) is 0 Å². The zero-order valence-corrected chi connectivity index (χ0v) is 12.4. The monoisotopic (exact) mass is 302 g/mol. The minimum absolute atomic E-state index is 0.108. The van der Waals surface area contributed by atoms with Crippen molar-refractivity contribution in [3.8, 4) is 0 Å². The van der Waals surface area contributed by atoms with Crippen LogP contribution in [0.25, 0.3) is 0 Å². The number of nitrogens with two attached hydrogens (primary N) is 2. The zero-order valence-electron chi connectivity index (χ0n) is 10.8. The molecule has 2 unspecified atom stereocenters. The first kappa shape index (κ1) is 14.8. The molecule has 1 saturated carbocycles. The molecule has 0 aromatic heterocycles. The van der Waals surface area contributed by atoms with Crippen LogP contribution in [0.1, 0.15) is 18.4 Å². The predicted molar refractivity (Wildman–Crippen MR) is 78.0 cm³/mol. The lowest BCUT2D eigenvalue weighted by Gasteiger charge is -2.12. The first-order chi connectivity index (χ1) is 8.93. The smallest absolute Gasteiger partial charge is 0.154 e. The fourth-order valence-corrected chi connectivity index (χ4v) is 5.35. The van der Waals surface area contributed by atoms with E-state index in [-0.39, 0.29) is 24.8 Å². The molecule has 0 saturated heterocycles. The predicted octanol–water partition coefficient (Wildman–Crippen LogP) is 1.14. The van der Waals surface area contributed by atoms with Crippen LogP contribution in [-0.4, -0.2) is 32.5 Å². The van der Waals surface area contributed by atoms with Crippen LogP contribution < -0.4 is 11.5 Å². The number of sulfone groups is 1. The Kier molecular flexibility index (Phi) is 3.93. The molecular formula is C13H19ClN2O2S. The minimum Gasteiger partial charge on any atom is -0.330 e. The Morgan fingerprint density at radius 2 is 1.95 bits per heavy atom. The second kappa shape index (κ2) is 5.05. The van der Waals surface area contributed by atoms with Gasteiger partial charge in [-0.3, -0.25) is 0 Å². The average molecular weight is 303 g/mol. The second-order valence-corrected chi connectivity index (χ2v) is 7.89. The first-order valence-electron chi connectivity index (χ1n) is 6.30. The van der Waals surface area contributed by atoms with E-state index in [0.29, 0.717) is 5.02 Å². The highest BCUT2D eigenvalue weighted by Crippen LogP contribution is 2.62. The molecule has 4 nitrogen and oxygen atoms in total. The maximum absolute atomic E-state index is 12.2. The SMILES string of the molecule is CCS(=O)(=O)C1C(c2cccc(Cl)c2)C1(CN)CN. The van der Waals surface area contributed by atoms with Crippen molar-refractivity contribution in [2.24, 2.45) is 16.9 Å². The van der Waals surface area contributed by atoms with E-state index in [2.05, 4.69) is 0 Å². The molecule has 2 rings (SSSR count). The quantitative estimate of drug-likeness (QED) is 0.854. The Morgan fingerprint density at radius 1 is 1.32 bits per heavy atom. The summed E-state index contributed by atoms with van der Waals surface area (Å²) in [5.74, 6) is -0.0395. The summed E-state index contributed by atoms with van der Waals surface area (Å²) >= 11 is 5.98. The first-order valence-corrected chi connectivity index (χ1v) is 8.39. The molecule has 1 aromatic rings. The fourth-order valence-electron chi connectivity index (χ4n) is 2.97. The summed E-state index contributed by atoms with van der Waals surface area (Å²) in [5.41, 5.74) is 12.0. The van der Waals surface area contributed by atoms with Crippen LogP contribution in [-0.2, 0) is 9.84 Å². The van der Waals surface area contributed by atoms with Crippen molar-refractivity contribution >= 4 is 21.4 Å². The van der Waals surface area contributed by atoms with Gasteiger partial charge in [-0.1, -0.05) is 30.7 Å². The van der Waals surface area contributed by atoms with Gasteiger partial charge in [0.15, 0.2) is 9.84 Å². The molecule has 6 heteroatoms. The Bertz CT molecular complexity index is 570. The third-order valence-electron chi connectivity index (χ3n) is 4.14. The van der Waals surface area contributed by atoms with Gasteiger partial charge in [0.1, 0.15) is 0 Å². The molecule has 1 aliphatic carbocycles. The van der Waals surface area contributed by atoms with Crippen LogP contribution in [0.4, 0.5) is 0 Å². The molecule has 2 atom stereocenters. The lowest BCUT2D eigenvalue weighted by Crippen LogP contribution is -2.31. The van der Waals surface area contributed by atoms with Crippen molar-refractivity contribution in [2.75, 3.05) is 18.8 Å². The highest BCUT2D eigenvalue weighted by Gasteiger charge is 2.68. The summed E-state index contributed by atoms with van der Waals surface area (Å²) in [5, 5.41) is 0.110. The van der Waals surface area contributed by atoms with Gasteiger partial charge < -0.3 is 11.5 Å². The van der Waals surface area contributed by atoms with E-state index in [4.69, 9.17) is 23.1 Å². The van der Waals surface area contributed by atoms with Gasteiger partial charge >= 0.3 is 0 Å². The van der Waals surface area contributed by atoms with E-state index >= 15 is 0 Å². The lowest BCUT2D eigenvalue weighted by molar-refractivity contribution is 0.510. The molecule has 106 valence electrons. The standard InChI is InChI=1S/C13H19ClN2O2S/c1-2-19(17,18)12-11(13(12,7-15)8-16)9-4-3-5-10(14)6-9/h3-6,11-12H,2,7-8,15-16H2,1H3. The summed E-state index contributed by atoms with van der Waals surface area (Å²) in [6, 6.07) is 7.28. The average Bonchev–Trinajstić information content (AvgIpc) is 3.09. The maximum atomic E-state index is 12.2. The van der Waals surface area contributed by atoms with E-state index in [1.807, 2.05) is 12.1 Å². The fraction of sp³-hybridized carbons (Fsp3) is 0.538. The second-order valence-electron chi connectivity index (χ2n) is 5.05. The van der Waals surface area contributed by atoms with Gasteiger partial charge in [-0.15, -0.1) is 0 Å². The van der Waals surface area contributed by atoms with Gasteiger partial charge in [0, 0.05) is 35.2 Å². The summed E-state index contributed by atoms with van der Waals surface area (Å²) in [6.45, 7) is 2.19. The lowest BCUT2D eigenvalue weighted by atomic mass is 9.99. The highest BCUT2D eigenvalue weighted by molar-refractivity contribution is 7.92. The van der Waals surface area contributed by atoms with Crippen molar-refractivity contribution in [3.63, 3.8) is 0 Å². The molecular weight excluding hydrogens is 284 g/mol. The molecule has 0 amide bonds. The topological polar surface area (TPSA) is 86.2 Å². The molecule has 1 aromatic carbocycles. The van der Waals surface area contributed by atoms with Gasteiger partial charge in [-0.2, -0.15) is 0 Å². The van der Waals surface area contributed by atoms with Crippen LogP contribution in [0.2, 0.25) is 5.02 Å². The molecule has 0 bridgehead atoms.